The van der Waals surface area contributed by atoms with E-state index in [1.165, 1.54) is 24.3 Å². The highest BCUT2D eigenvalue weighted by Gasteiger charge is 2.30. The maximum absolute atomic E-state index is 13.1. The summed E-state index contributed by atoms with van der Waals surface area (Å²) in [7, 11) is 1.83. The van der Waals surface area contributed by atoms with Gasteiger partial charge in [0.15, 0.2) is 0 Å². The molecule has 0 radical (unpaired) electrons. The van der Waals surface area contributed by atoms with Crippen LogP contribution in [-0.2, 0) is 17.8 Å². The first-order chi connectivity index (χ1) is 15.0. The monoisotopic (exact) mass is 422 g/mol. The zero-order valence-corrected chi connectivity index (χ0v) is 17.9. The van der Waals surface area contributed by atoms with Gasteiger partial charge < -0.3 is 14.2 Å². The molecule has 1 aliphatic heterocycles. The lowest BCUT2D eigenvalue weighted by molar-refractivity contribution is -0.136. The first-order valence-corrected chi connectivity index (χ1v) is 10.8. The molecule has 2 amide bonds. The van der Waals surface area contributed by atoms with Crippen LogP contribution in [0, 0.1) is 11.7 Å². The standard InChI is InChI=1S/C25H27FN2O3/c1-3-22-21(20-6-4-5-7-23(20)31-22)16-27(2)24(29)18-12-14-28(15-13-18)25(30)17-8-10-19(26)11-9-17/h4-11,18H,3,12-16H2,1-2H3. The lowest BCUT2D eigenvalue weighted by atomic mass is 9.94. The fraction of sp³-hybridized carbons (Fsp3) is 0.360. The number of benzene rings is 2. The van der Waals surface area contributed by atoms with E-state index in [9.17, 15) is 14.0 Å². The topological polar surface area (TPSA) is 53.8 Å². The summed E-state index contributed by atoms with van der Waals surface area (Å²) >= 11 is 0. The number of likely N-dealkylation sites (tertiary alicyclic amines) is 1. The van der Waals surface area contributed by atoms with E-state index in [1.807, 2.05) is 31.3 Å². The highest BCUT2D eigenvalue weighted by atomic mass is 19.1. The molecule has 0 atom stereocenters. The Labute approximate surface area is 181 Å². The van der Waals surface area contributed by atoms with Gasteiger partial charge in [0.25, 0.3) is 5.91 Å². The number of carbonyl (C=O) groups excluding carboxylic acids is 2. The second-order valence-corrected chi connectivity index (χ2v) is 8.12. The van der Waals surface area contributed by atoms with Gasteiger partial charge in [-0.15, -0.1) is 0 Å². The molecule has 1 saturated heterocycles. The minimum Gasteiger partial charge on any atom is -0.461 e. The van der Waals surface area contributed by atoms with Crippen molar-refractivity contribution in [2.75, 3.05) is 20.1 Å². The number of amides is 2. The predicted octanol–water partition coefficient (Wildman–Crippen LogP) is 4.65. The van der Waals surface area contributed by atoms with Crippen molar-refractivity contribution in [2.45, 2.75) is 32.7 Å². The van der Waals surface area contributed by atoms with Crippen LogP contribution in [0.15, 0.2) is 52.9 Å². The fourth-order valence-corrected chi connectivity index (χ4v) is 4.34. The van der Waals surface area contributed by atoms with Crippen LogP contribution in [0.4, 0.5) is 4.39 Å². The van der Waals surface area contributed by atoms with E-state index in [-0.39, 0.29) is 23.5 Å². The summed E-state index contributed by atoms with van der Waals surface area (Å²) in [5.41, 5.74) is 2.39. The maximum Gasteiger partial charge on any atom is 0.253 e. The molecule has 2 heterocycles. The molecule has 31 heavy (non-hydrogen) atoms. The summed E-state index contributed by atoms with van der Waals surface area (Å²) in [5, 5.41) is 1.05. The first-order valence-electron chi connectivity index (χ1n) is 10.8. The lowest BCUT2D eigenvalue weighted by Crippen LogP contribution is -2.43. The molecule has 0 saturated carbocycles. The molecule has 4 rings (SSSR count). The van der Waals surface area contributed by atoms with Gasteiger partial charge in [-0.2, -0.15) is 0 Å². The van der Waals surface area contributed by atoms with Gasteiger partial charge >= 0.3 is 0 Å². The minimum absolute atomic E-state index is 0.0983. The van der Waals surface area contributed by atoms with Crippen molar-refractivity contribution in [3.05, 3.63) is 71.2 Å². The third kappa shape index (κ3) is 4.33. The molecule has 6 heteroatoms. The third-order valence-corrected chi connectivity index (χ3v) is 6.10. The summed E-state index contributed by atoms with van der Waals surface area (Å²) in [5.74, 6) is 0.435. The number of nitrogens with zero attached hydrogens (tertiary/aromatic N) is 2. The summed E-state index contributed by atoms with van der Waals surface area (Å²) in [4.78, 5) is 29.2. The van der Waals surface area contributed by atoms with Crippen molar-refractivity contribution in [2.24, 2.45) is 5.92 Å². The number of piperidine rings is 1. The van der Waals surface area contributed by atoms with Gasteiger partial charge in [-0.05, 0) is 43.2 Å². The van der Waals surface area contributed by atoms with E-state index in [0.29, 0.717) is 38.0 Å². The van der Waals surface area contributed by atoms with E-state index in [2.05, 4.69) is 6.92 Å². The molecule has 3 aromatic rings. The van der Waals surface area contributed by atoms with Gasteiger partial charge in [0.05, 0.1) is 0 Å². The largest absolute Gasteiger partial charge is 0.461 e. The molecule has 0 N–H and O–H groups in total. The number of halogens is 1. The van der Waals surface area contributed by atoms with Crippen LogP contribution < -0.4 is 0 Å². The van der Waals surface area contributed by atoms with Crippen molar-refractivity contribution >= 4 is 22.8 Å². The van der Waals surface area contributed by atoms with Gasteiger partial charge in [0, 0.05) is 55.5 Å². The molecule has 2 aromatic carbocycles. The Morgan fingerprint density at radius 3 is 2.45 bits per heavy atom. The number of rotatable bonds is 5. The van der Waals surface area contributed by atoms with Crippen LogP contribution in [0.25, 0.3) is 11.0 Å². The second-order valence-electron chi connectivity index (χ2n) is 8.12. The molecule has 1 aliphatic rings. The number of para-hydroxylation sites is 1. The Morgan fingerprint density at radius 1 is 1.10 bits per heavy atom. The first kappa shape index (κ1) is 21.1. The van der Waals surface area contributed by atoms with Crippen LogP contribution in [0.2, 0.25) is 0 Å². The van der Waals surface area contributed by atoms with Crippen molar-refractivity contribution in [3.63, 3.8) is 0 Å². The Balaban J connectivity index is 1.39. The van der Waals surface area contributed by atoms with Gasteiger partial charge in [-0.3, -0.25) is 9.59 Å². The average molecular weight is 423 g/mol. The van der Waals surface area contributed by atoms with Crippen LogP contribution in [-0.4, -0.2) is 41.8 Å². The normalized spacial score (nSPS) is 14.7. The van der Waals surface area contributed by atoms with Gasteiger partial charge in [-0.25, -0.2) is 4.39 Å². The highest BCUT2D eigenvalue weighted by Crippen LogP contribution is 2.28. The van der Waals surface area contributed by atoms with Crippen LogP contribution in [0.1, 0.15) is 41.4 Å². The van der Waals surface area contributed by atoms with Crippen molar-refractivity contribution in [3.8, 4) is 0 Å². The van der Waals surface area contributed by atoms with E-state index in [1.54, 1.807) is 9.80 Å². The fourth-order valence-electron chi connectivity index (χ4n) is 4.34. The average Bonchev–Trinajstić information content (AvgIpc) is 3.16. The number of hydrogen-bond donors (Lipinski definition) is 0. The molecule has 0 bridgehead atoms. The summed E-state index contributed by atoms with van der Waals surface area (Å²) in [6, 6.07) is 13.5. The molecule has 5 nitrogen and oxygen atoms in total. The second kappa shape index (κ2) is 8.92. The quantitative estimate of drug-likeness (QED) is 0.602. The molecular weight excluding hydrogens is 395 g/mol. The van der Waals surface area contributed by atoms with Gasteiger partial charge in [0.2, 0.25) is 5.91 Å². The van der Waals surface area contributed by atoms with Gasteiger partial charge in [0.1, 0.15) is 17.2 Å². The summed E-state index contributed by atoms with van der Waals surface area (Å²) in [6.07, 6.45) is 2.03. The molecular formula is C25H27FN2O3. The van der Waals surface area contributed by atoms with Gasteiger partial charge in [-0.1, -0.05) is 25.1 Å². The zero-order valence-electron chi connectivity index (χ0n) is 17.9. The Morgan fingerprint density at radius 2 is 1.77 bits per heavy atom. The highest BCUT2D eigenvalue weighted by molar-refractivity contribution is 5.94. The molecule has 1 fully saturated rings. The molecule has 0 aliphatic carbocycles. The Bertz CT molecular complexity index is 1080. The third-order valence-electron chi connectivity index (χ3n) is 6.10. The number of aryl methyl sites for hydroxylation is 1. The minimum atomic E-state index is -0.361. The van der Waals surface area contributed by atoms with Crippen LogP contribution in [0.5, 0.6) is 0 Å². The van der Waals surface area contributed by atoms with Crippen molar-refractivity contribution in [1.29, 1.82) is 0 Å². The molecule has 162 valence electrons. The van der Waals surface area contributed by atoms with Crippen molar-refractivity contribution < 1.29 is 18.4 Å². The molecule has 0 spiro atoms. The SMILES string of the molecule is CCc1oc2ccccc2c1CN(C)C(=O)C1CCN(C(=O)c2ccc(F)cc2)CC1. The van der Waals surface area contributed by atoms with Crippen molar-refractivity contribution in [1.82, 2.24) is 9.80 Å². The van der Waals surface area contributed by atoms with E-state index >= 15 is 0 Å². The summed E-state index contributed by atoms with van der Waals surface area (Å²) in [6.45, 7) is 3.61. The van der Waals surface area contributed by atoms with Crippen LogP contribution in [0.3, 0.4) is 0 Å². The number of furan rings is 1. The predicted molar refractivity (Wildman–Crippen MR) is 117 cm³/mol. The molecule has 1 aromatic heterocycles. The number of fused-ring (bicyclic) bond motifs is 1. The maximum atomic E-state index is 13.1. The summed E-state index contributed by atoms with van der Waals surface area (Å²) < 4.78 is 19.1. The van der Waals surface area contributed by atoms with Crippen LogP contribution >= 0.6 is 0 Å². The smallest absolute Gasteiger partial charge is 0.253 e. The number of carbonyl (C=O) groups is 2. The lowest BCUT2D eigenvalue weighted by Gasteiger charge is -2.33. The van der Waals surface area contributed by atoms with E-state index in [0.717, 1.165) is 28.7 Å². The number of hydrogen-bond acceptors (Lipinski definition) is 3. The Hall–Kier alpha value is -3.15. The Kier molecular flexibility index (Phi) is 6.07. The molecule has 0 unspecified atom stereocenters. The van der Waals surface area contributed by atoms with E-state index in [4.69, 9.17) is 4.42 Å². The zero-order chi connectivity index (χ0) is 22.0. The van der Waals surface area contributed by atoms with E-state index < -0.39 is 0 Å².